The zero-order valence-corrected chi connectivity index (χ0v) is 34.8. The molecule has 0 saturated heterocycles. The minimum atomic E-state index is 1.14. The molecule has 11 aromatic carbocycles. The van der Waals surface area contributed by atoms with Crippen LogP contribution in [0.1, 0.15) is 0 Å². The van der Waals surface area contributed by atoms with E-state index in [4.69, 9.17) is 0 Å². The SMILES string of the molecule is c1ccc(-n2c3ccccc3c3cc(-c4ccc5c(c4)c4ccc6ccccc6c4n5-c4cccc(-c5cccc(-c6ccc7c(c6)-c6cccc8cccc-7c68)c5)c4)ccc32)cc1. The van der Waals surface area contributed by atoms with Gasteiger partial charge in [-0.2, -0.15) is 0 Å². The molecular formula is C62H38N2. The van der Waals surface area contributed by atoms with Crippen LogP contribution in [0.15, 0.2) is 231 Å². The largest absolute Gasteiger partial charge is 0.309 e. The highest BCUT2D eigenvalue weighted by atomic mass is 15.0. The summed E-state index contributed by atoms with van der Waals surface area (Å²) in [5, 5.41) is 10.1. The first-order chi connectivity index (χ1) is 31.7. The Morgan fingerprint density at radius 2 is 0.781 bits per heavy atom. The van der Waals surface area contributed by atoms with Crippen molar-refractivity contribution >= 4 is 65.2 Å². The van der Waals surface area contributed by atoms with E-state index >= 15 is 0 Å². The molecule has 0 aliphatic heterocycles. The molecule has 0 amide bonds. The maximum absolute atomic E-state index is 2.49. The van der Waals surface area contributed by atoms with Crippen molar-refractivity contribution in [1.29, 1.82) is 0 Å². The number of rotatable bonds is 5. The second kappa shape index (κ2) is 13.5. The molecule has 14 rings (SSSR count). The Hall–Kier alpha value is -8.46. The Labute approximate surface area is 370 Å². The van der Waals surface area contributed by atoms with Crippen molar-refractivity contribution < 1.29 is 0 Å². The van der Waals surface area contributed by atoms with Gasteiger partial charge in [-0.3, -0.25) is 0 Å². The molecule has 0 unspecified atom stereocenters. The average molecular weight is 811 g/mol. The molecule has 13 aromatic rings. The van der Waals surface area contributed by atoms with Gasteiger partial charge in [-0.15, -0.1) is 0 Å². The van der Waals surface area contributed by atoms with E-state index in [9.17, 15) is 0 Å². The van der Waals surface area contributed by atoms with Crippen LogP contribution >= 0.6 is 0 Å². The van der Waals surface area contributed by atoms with Gasteiger partial charge in [0.1, 0.15) is 0 Å². The van der Waals surface area contributed by atoms with Gasteiger partial charge in [0.05, 0.1) is 22.1 Å². The van der Waals surface area contributed by atoms with Crippen LogP contribution in [0.25, 0.3) is 132 Å². The lowest BCUT2D eigenvalue weighted by Crippen LogP contribution is -1.95. The van der Waals surface area contributed by atoms with Crippen molar-refractivity contribution in [3.8, 4) is 67.0 Å². The van der Waals surface area contributed by atoms with Gasteiger partial charge in [0, 0.05) is 38.3 Å². The van der Waals surface area contributed by atoms with E-state index in [-0.39, 0.29) is 0 Å². The summed E-state index contributed by atoms with van der Waals surface area (Å²) in [6, 6.07) is 85.3. The lowest BCUT2D eigenvalue weighted by Gasteiger charge is -2.13. The van der Waals surface area contributed by atoms with Crippen LogP contribution in [0, 0.1) is 0 Å². The van der Waals surface area contributed by atoms with Gasteiger partial charge >= 0.3 is 0 Å². The summed E-state index contributed by atoms with van der Waals surface area (Å²) < 4.78 is 4.87. The second-order valence-corrected chi connectivity index (χ2v) is 17.3. The van der Waals surface area contributed by atoms with Crippen molar-refractivity contribution in [2.45, 2.75) is 0 Å². The Morgan fingerprint density at radius 1 is 0.234 bits per heavy atom. The fourth-order valence-corrected chi connectivity index (χ4v) is 10.9. The lowest BCUT2D eigenvalue weighted by molar-refractivity contribution is 1.18. The van der Waals surface area contributed by atoms with Crippen LogP contribution < -0.4 is 0 Å². The number of nitrogens with zero attached hydrogens (tertiary/aromatic N) is 2. The van der Waals surface area contributed by atoms with Crippen molar-refractivity contribution in [2.75, 3.05) is 0 Å². The van der Waals surface area contributed by atoms with E-state index < -0.39 is 0 Å². The van der Waals surface area contributed by atoms with E-state index in [1.807, 2.05) is 0 Å². The molecule has 2 nitrogen and oxygen atoms in total. The van der Waals surface area contributed by atoms with Gasteiger partial charge in [-0.1, -0.05) is 164 Å². The quantitative estimate of drug-likeness (QED) is 0.164. The van der Waals surface area contributed by atoms with Crippen LogP contribution in [-0.2, 0) is 0 Å². The van der Waals surface area contributed by atoms with Crippen LogP contribution in [-0.4, -0.2) is 9.13 Å². The van der Waals surface area contributed by atoms with Gasteiger partial charge in [-0.05, 0) is 139 Å². The molecule has 64 heavy (non-hydrogen) atoms. The molecule has 0 saturated carbocycles. The van der Waals surface area contributed by atoms with Crippen molar-refractivity contribution in [3.05, 3.63) is 231 Å². The van der Waals surface area contributed by atoms with E-state index in [1.54, 1.807) is 0 Å². The zero-order valence-electron chi connectivity index (χ0n) is 34.8. The van der Waals surface area contributed by atoms with Crippen LogP contribution in [0.4, 0.5) is 0 Å². The number of benzene rings is 11. The first kappa shape index (κ1) is 35.2. The summed E-state index contributed by atoms with van der Waals surface area (Å²) in [6.07, 6.45) is 0. The first-order valence-electron chi connectivity index (χ1n) is 22.2. The van der Waals surface area contributed by atoms with E-state index in [1.165, 1.54) is 126 Å². The monoisotopic (exact) mass is 810 g/mol. The Kier molecular flexibility index (Phi) is 7.43. The number of hydrogen-bond acceptors (Lipinski definition) is 0. The topological polar surface area (TPSA) is 9.86 Å². The minimum absolute atomic E-state index is 1.14. The van der Waals surface area contributed by atoms with Gasteiger partial charge in [0.25, 0.3) is 0 Å². The predicted molar refractivity (Wildman–Crippen MR) is 271 cm³/mol. The van der Waals surface area contributed by atoms with Crippen molar-refractivity contribution in [2.24, 2.45) is 0 Å². The maximum atomic E-state index is 2.49. The molecule has 0 radical (unpaired) electrons. The predicted octanol–water partition coefficient (Wildman–Crippen LogP) is 16.8. The molecule has 0 spiro atoms. The molecule has 0 atom stereocenters. The summed E-state index contributed by atoms with van der Waals surface area (Å²) in [7, 11) is 0. The molecule has 0 N–H and O–H groups in total. The smallest absolute Gasteiger partial charge is 0.0619 e. The number of hydrogen-bond donors (Lipinski definition) is 0. The third-order valence-corrected chi connectivity index (χ3v) is 13.8. The summed E-state index contributed by atoms with van der Waals surface area (Å²) in [5.41, 5.74) is 19.7. The van der Waals surface area contributed by atoms with E-state index in [0.29, 0.717) is 0 Å². The first-order valence-corrected chi connectivity index (χ1v) is 22.2. The standard InChI is InChI=1S/C62H38N2/c1-2-18-47(19-3-1)63-58-25-7-6-22-51(58)56-37-45(28-32-59(56)63)46-29-33-60-57(38-46)54-31-26-39-12-4-5-21-49(39)62(54)64(60)48-20-9-17-43(35-48)41-15-8-16-42(34-41)44-27-30-50-52-23-10-13-40-14-11-24-53(61(40)52)55(50)36-44/h1-38H. The Balaban J connectivity index is 0.898. The molecule has 0 fully saturated rings. The third kappa shape index (κ3) is 5.14. The number of fused-ring (bicyclic) bond motifs is 11. The van der Waals surface area contributed by atoms with Gasteiger partial charge < -0.3 is 9.13 Å². The van der Waals surface area contributed by atoms with E-state index in [2.05, 4.69) is 240 Å². The molecule has 2 aromatic heterocycles. The highest BCUT2D eigenvalue weighted by Crippen LogP contribution is 2.48. The minimum Gasteiger partial charge on any atom is -0.309 e. The Bertz CT molecular complexity index is 4060. The lowest BCUT2D eigenvalue weighted by atomic mass is 9.95. The second-order valence-electron chi connectivity index (χ2n) is 17.3. The summed E-state index contributed by atoms with van der Waals surface area (Å²) >= 11 is 0. The highest BCUT2D eigenvalue weighted by Gasteiger charge is 2.22. The van der Waals surface area contributed by atoms with Gasteiger partial charge in [0.15, 0.2) is 0 Å². The summed E-state index contributed by atoms with van der Waals surface area (Å²) in [6.45, 7) is 0. The van der Waals surface area contributed by atoms with Crippen molar-refractivity contribution in [3.63, 3.8) is 0 Å². The Morgan fingerprint density at radius 3 is 1.58 bits per heavy atom. The number of para-hydroxylation sites is 2. The number of aromatic nitrogens is 2. The van der Waals surface area contributed by atoms with Gasteiger partial charge in [-0.25, -0.2) is 0 Å². The molecule has 296 valence electrons. The molecule has 2 heteroatoms. The third-order valence-electron chi connectivity index (χ3n) is 13.8. The van der Waals surface area contributed by atoms with Crippen LogP contribution in [0.2, 0.25) is 0 Å². The van der Waals surface area contributed by atoms with E-state index in [0.717, 1.165) is 5.69 Å². The maximum Gasteiger partial charge on any atom is 0.0619 e. The molecule has 0 bridgehead atoms. The van der Waals surface area contributed by atoms with Crippen LogP contribution in [0.3, 0.4) is 0 Å². The molecule has 2 heterocycles. The molecule has 1 aliphatic carbocycles. The van der Waals surface area contributed by atoms with Gasteiger partial charge in [0.2, 0.25) is 0 Å². The fraction of sp³-hybridized carbons (Fsp3) is 0. The van der Waals surface area contributed by atoms with Crippen molar-refractivity contribution in [1.82, 2.24) is 9.13 Å². The summed E-state index contributed by atoms with van der Waals surface area (Å²) in [5.74, 6) is 0. The van der Waals surface area contributed by atoms with Crippen LogP contribution in [0.5, 0.6) is 0 Å². The molecule has 1 aliphatic rings. The molecular weight excluding hydrogens is 773 g/mol. The average Bonchev–Trinajstić information content (AvgIpc) is 4.00. The highest BCUT2D eigenvalue weighted by molar-refractivity contribution is 6.20. The zero-order chi connectivity index (χ0) is 41.9. The normalized spacial score (nSPS) is 12.1. The fourth-order valence-electron chi connectivity index (χ4n) is 10.9. The summed E-state index contributed by atoms with van der Waals surface area (Å²) in [4.78, 5) is 0.